The maximum absolute atomic E-state index is 12.4. The summed E-state index contributed by atoms with van der Waals surface area (Å²) in [5.41, 5.74) is 1.53. The molecule has 0 aliphatic heterocycles. The third kappa shape index (κ3) is 3.25. The highest BCUT2D eigenvalue weighted by Crippen LogP contribution is 2.34. The number of hydrogen-bond donors (Lipinski definition) is 1. The molecule has 0 radical (unpaired) electrons. The highest BCUT2D eigenvalue weighted by molar-refractivity contribution is 7.90. The average molecular weight is 370 g/mol. The average Bonchev–Trinajstić information content (AvgIpc) is 2.57. The predicted molar refractivity (Wildman–Crippen MR) is 102 cm³/mol. The third-order valence-electron chi connectivity index (χ3n) is 4.11. The van der Waals surface area contributed by atoms with Crippen LogP contribution in [0.5, 0.6) is 0 Å². The molecule has 3 aromatic rings. The fourth-order valence-electron chi connectivity index (χ4n) is 2.91. The van der Waals surface area contributed by atoms with Crippen LogP contribution in [0.25, 0.3) is 21.9 Å². The van der Waals surface area contributed by atoms with Gasteiger partial charge >= 0.3 is 0 Å². The van der Waals surface area contributed by atoms with E-state index in [1.165, 1.54) is 23.6 Å². The summed E-state index contributed by atoms with van der Waals surface area (Å²) in [7, 11) is -1.80. The lowest BCUT2D eigenvalue weighted by Crippen LogP contribution is -2.17. The molecular formula is C19H18N2O4S. The van der Waals surface area contributed by atoms with Crippen LogP contribution in [0.15, 0.2) is 58.4 Å². The number of nitrogens with zero attached hydrogens (tertiary/aromatic N) is 1. The van der Waals surface area contributed by atoms with E-state index in [-0.39, 0.29) is 16.4 Å². The number of carbonyl (C=O) groups excluding carboxylic acids is 1. The lowest BCUT2D eigenvalue weighted by Gasteiger charge is -2.15. The number of sulfone groups is 1. The number of fused-ring (bicyclic) bond motifs is 1. The van der Waals surface area contributed by atoms with Crippen LogP contribution in [0.1, 0.15) is 6.92 Å². The number of carbonyl (C=O) groups is 1. The Labute approximate surface area is 151 Å². The fourth-order valence-corrected chi connectivity index (χ4v) is 3.55. The summed E-state index contributed by atoms with van der Waals surface area (Å²) < 4.78 is 25.4. The molecule has 1 aromatic heterocycles. The predicted octanol–water partition coefficient (Wildman–Crippen LogP) is 2.57. The number of benzene rings is 2. The Morgan fingerprint density at radius 3 is 2.31 bits per heavy atom. The molecule has 7 heteroatoms. The summed E-state index contributed by atoms with van der Waals surface area (Å²) >= 11 is 0. The summed E-state index contributed by atoms with van der Waals surface area (Å²) in [4.78, 5) is 24.1. The normalized spacial score (nSPS) is 11.5. The van der Waals surface area contributed by atoms with Gasteiger partial charge in [0.25, 0.3) is 5.56 Å². The van der Waals surface area contributed by atoms with Gasteiger partial charge in [-0.05, 0) is 29.7 Å². The van der Waals surface area contributed by atoms with Crippen molar-refractivity contribution >= 4 is 32.2 Å². The van der Waals surface area contributed by atoms with Gasteiger partial charge in [-0.3, -0.25) is 9.59 Å². The number of aryl methyl sites for hydroxylation is 1. The molecule has 0 aliphatic carbocycles. The van der Waals surface area contributed by atoms with Crippen molar-refractivity contribution in [2.45, 2.75) is 11.8 Å². The van der Waals surface area contributed by atoms with Crippen LogP contribution in [-0.4, -0.2) is 25.1 Å². The fraction of sp³-hybridized carbons (Fsp3) is 0.158. The minimum Gasteiger partial charge on any atom is -0.326 e. The van der Waals surface area contributed by atoms with Crippen molar-refractivity contribution in [2.24, 2.45) is 7.05 Å². The standard InChI is InChI=1S/C19H18N2O4S/c1-12(22)20-18-9-8-13(26(3,24)25)10-16(18)17-11-21(2)19(23)15-7-5-4-6-14(15)17/h4-11H,1-3H3,(H,20,22). The van der Waals surface area contributed by atoms with E-state index in [1.807, 2.05) is 6.07 Å². The third-order valence-corrected chi connectivity index (χ3v) is 5.22. The van der Waals surface area contributed by atoms with E-state index in [0.29, 0.717) is 27.6 Å². The molecule has 0 unspecified atom stereocenters. The van der Waals surface area contributed by atoms with E-state index >= 15 is 0 Å². The maximum atomic E-state index is 12.4. The van der Waals surface area contributed by atoms with E-state index in [9.17, 15) is 18.0 Å². The molecule has 1 amide bonds. The first-order valence-electron chi connectivity index (χ1n) is 7.89. The number of anilines is 1. The first-order chi connectivity index (χ1) is 12.2. The van der Waals surface area contributed by atoms with Crippen LogP contribution in [0.4, 0.5) is 5.69 Å². The monoisotopic (exact) mass is 370 g/mol. The van der Waals surface area contributed by atoms with E-state index in [4.69, 9.17) is 0 Å². The number of hydrogen-bond acceptors (Lipinski definition) is 4. The van der Waals surface area contributed by atoms with Crippen molar-refractivity contribution < 1.29 is 13.2 Å². The topological polar surface area (TPSA) is 85.2 Å². The second-order valence-corrected chi connectivity index (χ2v) is 8.18. The first-order valence-corrected chi connectivity index (χ1v) is 9.78. The first kappa shape index (κ1) is 17.9. The van der Waals surface area contributed by atoms with Crippen molar-refractivity contribution in [1.29, 1.82) is 0 Å². The molecule has 6 nitrogen and oxygen atoms in total. The Bertz CT molecular complexity index is 1190. The highest BCUT2D eigenvalue weighted by Gasteiger charge is 2.16. The van der Waals surface area contributed by atoms with Crippen LogP contribution in [0.2, 0.25) is 0 Å². The van der Waals surface area contributed by atoms with Gasteiger partial charge < -0.3 is 9.88 Å². The summed E-state index contributed by atoms with van der Waals surface area (Å²) in [5, 5.41) is 3.94. The van der Waals surface area contributed by atoms with Gasteiger partial charge in [-0.1, -0.05) is 18.2 Å². The van der Waals surface area contributed by atoms with Crippen LogP contribution >= 0.6 is 0 Å². The van der Waals surface area contributed by atoms with Crippen molar-refractivity contribution in [1.82, 2.24) is 4.57 Å². The van der Waals surface area contributed by atoms with Gasteiger partial charge in [0.05, 0.1) is 4.90 Å². The molecule has 0 fully saturated rings. The van der Waals surface area contributed by atoms with Crippen molar-refractivity contribution in [3.8, 4) is 11.1 Å². The van der Waals surface area contributed by atoms with E-state index in [2.05, 4.69) is 5.32 Å². The highest BCUT2D eigenvalue weighted by atomic mass is 32.2. The van der Waals surface area contributed by atoms with Gasteiger partial charge in [-0.15, -0.1) is 0 Å². The Morgan fingerprint density at radius 2 is 1.69 bits per heavy atom. The molecule has 0 spiro atoms. The van der Waals surface area contributed by atoms with Crippen LogP contribution in [0, 0.1) is 0 Å². The minimum atomic E-state index is -3.43. The zero-order valence-electron chi connectivity index (χ0n) is 14.6. The molecule has 1 heterocycles. The van der Waals surface area contributed by atoms with Gasteiger partial charge in [0, 0.05) is 48.6 Å². The summed E-state index contributed by atoms with van der Waals surface area (Å²) in [5.74, 6) is -0.271. The molecular weight excluding hydrogens is 352 g/mol. The van der Waals surface area contributed by atoms with Crippen LogP contribution < -0.4 is 10.9 Å². The Morgan fingerprint density at radius 1 is 1.04 bits per heavy atom. The molecule has 3 rings (SSSR count). The maximum Gasteiger partial charge on any atom is 0.258 e. The van der Waals surface area contributed by atoms with Gasteiger partial charge in [0.1, 0.15) is 0 Å². The molecule has 0 saturated carbocycles. The molecule has 1 N–H and O–H groups in total. The SMILES string of the molecule is CC(=O)Nc1ccc(S(C)(=O)=O)cc1-c1cn(C)c(=O)c2ccccc12. The van der Waals surface area contributed by atoms with Crippen molar-refractivity contribution in [3.05, 3.63) is 59.0 Å². The number of nitrogens with one attached hydrogen (secondary N) is 1. The largest absolute Gasteiger partial charge is 0.326 e. The number of aromatic nitrogens is 1. The van der Waals surface area contributed by atoms with E-state index in [1.54, 1.807) is 37.5 Å². The summed E-state index contributed by atoms with van der Waals surface area (Å²) in [6, 6.07) is 11.6. The molecule has 2 aromatic carbocycles. The lowest BCUT2D eigenvalue weighted by molar-refractivity contribution is -0.114. The van der Waals surface area contributed by atoms with Gasteiger partial charge in [-0.2, -0.15) is 0 Å². The van der Waals surface area contributed by atoms with Gasteiger partial charge in [0.2, 0.25) is 5.91 Å². The number of rotatable bonds is 3. The van der Waals surface area contributed by atoms with E-state index < -0.39 is 9.84 Å². The smallest absolute Gasteiger partial charge is 0.258 e. The van der Waals surface area contributed by atoms with Gasteiger partial charge in [0.15, 0.2) is 9.84 Å². The molecule has 26 heavy (non-hydrogen) atoms. The molecule has 0 atom stereocenters. The lowest BCUT2D eigenvalue weighted by atomic mass is 9.99. The minimum absolute atomic E-state index is 0.138. The molecule has 134 valence electrons. The van der Waals surface area contributed by atoms with E-state index in [0.717, 1.165) is 6.26 Å². The van der Waals surface area contributed by atoms with Crippen molar-refractivity contribution in [3.63, 3.8) is 0 Å². The van der Waals surface area contributed by atoms with Gasteiger partial charge in [-0.25, -0.2) is 8.42 Å². The van der Waals surface area contributed by atoms with Crippen LogP contribution in [0.3, 0.4) is 0 Å². The molecule has 0 saturated heterocycles. The zero-order valence-corrected chi connectivity index (χ0v) is 15.4. The van der Waals surface area contributed by atoms with Crippen molar-refractivity contribution in [2.75, 3.05) is 11.6 Å². The Hall–Kier alpha value is -2.93. The summed E-state index contributed by atoms with van der Waals surface area (Å²) in [6.45, 7) is 1.38. The second kappa shape index (κ2) is 6.42. The Balaban J connectivity index is 2.42. The molecule has 0 bridgehead atoms. The number of pyridine rings is 1. The summed E-state index contributed by atoms with van der Waals surface area (Å²) in [6.07, 6.45) is 2.78. The zero-order chi connectivity index (χ0) is 19.1. The quantitative estimate of drug-likeness (QED) is 0.768. The number of amides is 1. The second-order valence-electron chi connectivity index (χ2n) is 6.17. The molecule has 0 aliphatic rings. The Kier molecular flexibility index (Phi) is 4.41. The van der Waals surface area contributed by atoms with Crippen LogP contribution in [-0.2, 0) is 21.7 Å².